The van der Waals surface area contributed by atoms with Gasteiger partial charge in [-0.25, -0.2) is 0 Å². The van der Waals surface area contributed by atoms with Crippen LogP contribution in [-0.4, -0.2) is 47.4 Å². The Morgan fingerprint density at radius 3 is 2.50 bits per heavy atom. The van der Waals surface area contributed by atoms with Crippen LogP contribution in [-0.2, 0) is 11.3 Å². The van der Waals surface area contributed by atoms with Gasteiger partial charge in [0.25, 0.3) is 0 Å². The van der Waals surface area contributed by atoms with Crippen molar-refractivity contribution in [2.75, 3.05) is 13.6 Å². The third-order valence-electron chi connectivity index (χ3n) is 4.65. The second kappa shape index (κ2) is 10.9. The highest BCUT2D eigenvalue weighted by molar-refractivity contribution is 5.85. The van der Waals surface area contributed by atoms with Crippen LogP contribution in [0.5, 0.6) is 0 Å². The summed E-state index contributed by atoms with van der Waals surface area (Å²) in [6.45, 7) is 6.18. The first-order chi connectivity index (χ1) is 10.5. The summed E-state index contributed by atoms with van der Waals surface area (Å²) in [4.78, 5) is 16.6. The SMILES string of the molecule is CC(N)CC(=O)N(C)C1CCN(Cc2ccccc2)C(C)C1.Cl.Cl. The van der Waals surface area contributed by atoms with Crippen LogP contribution >= 0.6 is 24.8 Å². The second-order valence-corrected chi connectivity index (χ2v) is 6.67. The smallest absolute Gasteiger partial charge is 0.224 e. The molecule has 1 aromatic rings. The molecule has 0 aliphatic carbocycles. The number of carbonyl (C=O) groups excluding carboxylic acids is 1. The maximum Gasteiger partial charge on any atom is 0.224 e. The molecule has 0 saturated carbocycles. The van der Waals surface area contributed by atoms with Crippen LogP contribution in [0.3, 0.4) is 0 Å². The van der Waals surface area contributed by atoms with E-state index in [9.17, 15) is 4.79 Å². The zero-order valence-corrected chi connectivity index (χ0v) is 16.5. The zero-order chi connectivity index (χ0) is 16.1. The number of likely N-dealkylation sites (tertiary alicyclic amines) is 1. The molecule has 138 valence electrons. The van der Waals surface area contributed by atoms with Crippen molar-refractivity contribution in [3.63, 3.8) is 0 Å². The van der Waals surface area contributed by atoms with Crippen molar-refractivity contribution in [1.29, 1.82) is 0 Å². The van der Waals surface area contributed by atoms with Gasteiger partial charge < -0.3 is 10.6 Å². The monoisotopic (exact) mass is 375 g/mol. The van der Waals surface area contributed by atoms with E-state index in [1.54, 1.807) is 0 Å². The Bertz CT molecular complexity index is 484. The molecule has 2 N–H and O–H groups in total. The Kier molecular flexibility index (Phi) is 10.6. The number of carbonyl (C=O) groups is 1. The van der Waals surface area contributed by atoms with Crippen molar-refractivity contribution >= 4 is 30.7 Å². The fourth-order valence-corrected chi connectivity index (χ4v) is 3.22. The minimum absolute atomic E-state index is 0. The lowest BCUT2D eigenvalue weighted by atomic mass is 9.96. The first-order valence-electron chi connectivity index (χ1n) is 8.26. The minimum atomic E-state index is -0.0643. The van der Waals surface area contributed by atoms with E-state index >= 15 is 0 Å². The fourth-order valence-electron chi connectivity index (χ4n) is 3.22. The molecule has 1 heterocycles. The summed E-state index contributed by atoms with van der Waals surface area (Å²) in [5.74, 6) is 0.170. The zero-order valence-electron chi connectivity index (χ0n) is 14.9. The lowest BCUT2D eigenvalue weighted by Gasteiger charge is -2.41. The molecule has 2 rings (SSSR count). The summed E-state index contributed by atoms with van der Waals surface area (Å²) < 4.78 is 0. The summed E-state index contributed by atoms with van der Waals surface area (Å²) in [6.07, 6.45) is 2.52. The summed E-state index contributed by atoms with van der Waals surface area (Å²) in [5.41, 5.74) is 7.10. The number of piperidine rings is 1. The summed E-state index contributed by atoms with van der Waals surface area (Å²) in [5, 5.41) is 0. The van der Waals surface area contributed by atoms with Gasteiger partial charge in [0, 0.05) is 44.7 Å². The van der Waals surface area contributed by atoms with Gasteiger partial charge in [0.15, 0.2) is 0 Å². The van der Waals surface area contributed by atoms with E-state index < -0.39 is 0 Å². The minimum Gasteiger partial charge on any atom is -0.343 e. The van der Waals surface area contributed by atoms with Crippen LogP contribution in [0.2, 0.25) is 0 Å². The predicted octanol–water partition coefficient (Wildman–Crippen LogP) is 3.08. The Morgan fingerprint density at radius 1 is 1.33 bits per heavy atom. The van der Waals surface area contributed by atoms with Crippen LogP contribution < -0.4 is 5.73 Å². The number of benzene rings is 1. The van der Waals surface area contributed by atoms with Crippen LogP contribution in [0, 0.1) is 0 Å². The number of hydrogen-bond acceptors (Lipinski definition) is 3. The van der Waals surface area contributed by atoms with E-state index in [-0.39, 0.29) is 36.8 Å². The van der Waals surface area contributed by atoms with E-state index in [4.69, 9.17) is 5.73 Å². The average molecular weight is 376 g/mol. The van der Waals surface area contributed by atoms with Crippen LogP contribution in [0.4, 0.5) is 0 Å². The molecule has 1 fully saturated rings. The maximum atomic E-state index is 12.2. The third kappa shape index (κ3) is 6.60. The molecule has 1 amide bonds. The number of amides is 1. The molecule has 1 aliphatic rings. The second-order valence-electron chi connectivity index (χ2n) is 6.67. The maximum absolute atomic E-state index is 12.2. The number of halogens is 2. The number of nitrogens with two attached hydrogens (primary N) is 1. The lowest BCUT2D eigenvalue weighted by Crippen LogP contribution is -2.49. The molecule has 0 aromatic heterocycles. The first kappa shape index (κ1) is 23.2. The first-order valence-corrected chi connectivity index (χ1v) is 8.26. The van der Waals surface area contributed by atoms with E-state index in [1.807, 2.05) is 18.9 Å². The van der Waals surface area contributed by atoms with Crippen molar-refractivity contribution in [1.82, 2.24) is 9.80 Å². The summed E-state index contributed by atoms with van der Waals surface area (Å²) in [6, 6.07) is 11.4. The van der Waals surface area contributed by atoms with Crippen molar-refractivity contribution in [2.24, 2.45) is 5.73 Å². The van der Waals surface area contributed by atoms with E-state index in [0.717, 1.165) is 25.9 Å². The van der Waals surface area contributed by atoms with Gasteiger partial charge in [-0.3, -0.25) is 9.69 Å². The van der Waals surface area contributed by atoms with Gasteiger partial charge in [0.2, 0.25) is 5.91 Å². The highest BCUT2D eigenvalue weighted by Gasteiger charge is 2.29. The molecule has 3 unspecified atom stereocenters. The molecule has 3 atom stereocenters. The molecule has 0 spiro atoms. The van der Waals surface area contributed by atoms with Crippen LogP contribution in [0.25, 0.3) is 0 Å². The highest BCUT2D eigenvalue weighted by atomic mass is 35.5. The van der Waals surface area contributed by atoms with Crippen molar-refractivity contribution in [3.05, 3.63) is 35.9 Å². The molecule has 1 saturated heterocycles. The molecule has 24 heavy (non-hydrogen) atoms. The topological polar surface area (TPSA) is 49.6 Å². The van der Waals surface area contributed by atoms with Crippen molar-refractivity contribution in [2.45, 2.75) is 57.8 Å². The van der Waals surface area contributed by atoms with Gasteiger partial charge in [0.1, 0.15) is 0 Å². The standard InChI is InChI=1S/C18H29N3O.2ClH/c1-14(19)11-18(22)20(3)17-9-10-21(15(2)12-17)13-16-7-5-4-6-8-16;;/h4-8,14-15,17H,9-13,19H2,1-3H3;2*1H. The van der Waals surface area contributed by atoms with Crippen LogP contribution in [0.1, 0.15) is 38.7 Å². The van der Waals surface area contributed by atoms with Gasteiger partial charge in [0.05, 0.1) is 0 Å². The Balaban J connectivity index is 0.00000264. The fraction of sp³-hybridized carbons (Fsp3) is 0.611. The molecule has 4 nitrogen and oxygen atoms in total. The number of rotatable bonds is 5. The summed E-state index contributed by atoms with van der Waals surface area (Å²) >= 11 is 0. The number of hydrogen-bond donors (Lipinski definition) is 1. The van der Waals surface area contributed by atoms with Gasteiger partial charge in [-0.15, -0.1) is 24.8 Å². The predicted molar refractivity (Wildman–Crippen MR) is 105 cm³/mol. The van der Waals surface area contributed by atoms with Gasteiger partial charge in [-0.05, 0) is 32.3 Å². The molecule has 1 aromatic carbocycles. The van der Waals surface area contributed by atoms with Gasteiger partial charge in [-0.2, -0.15) is 0 Å². The van der Waals surface area contributed by atoms with E-state index in [2.05, 4.69) is 42.2 Å². The van der Waals surface area contributed by atoms with Crippen molar-refractivity contribution in [3.8, 4) is 0 Å². The molecular weight excluding hydrogens is 345 g/mol. The molecule has 0 radical (unpaired) electrons. The average Bonchev–Trinajstić information content (AvgIpc) is 2.49. The Labute approximate surface area is 158 Å². The largest absolute Gasteiger partial charge is 0.343 e. The third-order valence-corrected chi connectivity index (χ3v) is 4.65. The summed E-state index contributed by atoms with van der Waals surface area (Å²) in [7, 11) is 1.93. The molecular formula is C18H31Cl2N3O. The molecule has 1 aliphatic heterocycles. The van der Waals surface area contributed by atoms with E-state index in [0.29, 0.717) is 18.5 Å². The van der Waals surface area contributed by atoms with E-state index in [1.165, 1.54) is 5.56 Å². The van der Waals surface area contributed by atoms with Crippen LogP contribution in [0.15, 0.2) is 30.3 Å². The molecule has 0 bridgehead atoms. The number of nitrogens with zero attached hydrogens (tertiary/aromatic N) is 2. The Hall–Kier alpha value is -0.810. The highest BCUT2D eigenvalue weighted by Crippen LogP contribution is 2.23. The van der Waals surface area contributed by atoms with Gasteiger partial charge >= 0.3 is 0 Å². The Morgan fingerprint density at radius 2 is 1.96 bits per heavy atom. The normalized spacial score (nSPS) is 22.0. The van der Waals surface area contributed by atoms with Crippen molar-refractivity contribution < 1.29 is 4.79 Å². The molecule has 6 heteroatoms. The lowest BCUT2D eigenvalue weighted by molar-refractivity contribution is -0.133. The van der Waals surface area contributed by atoms with Gasteiger partial charge in [-0.1, -0.05) is 30.3 Å². The quantitative estimate of drug-likeness (QED) is 0.859.